The number of benzene rings is 2. The summed E-state index contributed by atoms with van der Waals surface area (Å²) in [6, 6.07) is 20.7. The highest BCUT2D eigenvalue weighted by molar-refractivity contribution is 5.83. The van der Waals surface area contributed by atoms with Crippen molar-refractivity contribution in [3.63, 3.8) is 0 Å². The van der Waals surface area contributed by atoms with Gasteiger partial charge in [-0.15, -0.1) is 0 Å². The maximum absolute atomic E-state index is 14.3. The Balaban J connectivity index is 0.907. The lowest BCUT2D eigenvalue weighted by molar-refractivity contribution is -0.139. The molecule has 3 aliphatic rings. The van der Waals surface area contributed by atoms with Gasteiger partial charge >= 0.3 is 0 Å². The van der Waals surface area contributed by atoms with Crippen LogP contribution in [-0.4, -0.2) is 83.7 Å². The first-order chi connectivity index (χ1) is 27.5. The van der Waals surface area contributed by atoms with Crippen LogP contribution in [0.4, 0.5) is 0 Å². The van der Waals surface area contributed by atoms with E-state index in [1.165, 1.54) is 0 Å². The van der Waals surface area contributed by atoms with Gasteiger partial charge in [-0.1, -0.05) is 92.7 Å². The zero-order chi connectivity index (χ0) is 38.4. The van der Waals surface area contributed by atoms with Crippen molar-refractivity contribution in [1.82, 2.24) is 39.6 Å². The van der Waals surface area contributed by atoms with Gasteiger partial charge in [0.25, 0.3) is 0 Å². The zero-order valence-electron chi connectivity index (χ0n) is 32.5. The van der Waals surface area contributed by atoms with Crippen LogP contribution in [0, 0.1) is 5.92 Å². The molecule has 5 aromatic rings. The molecule has 2 saturated heterocycles. The minimum atomic E-state index is -0.173. The first kappa shape index (κ1) is 37.3. The summed E-state index contributed by atoms with van der Waals surface area (Å²) in [4.78, 5) is 54.6. The van der Waals surface area contributed by atoms with Gasteiger partial charge in [0.1, 0.15) is 11.6 Å². The van der Waals surface area contributed by atoms with Crippen LogP contribution in [0.2, 0.25) is 0 Å². The lowest BCUT2D eigenvalue weighted by Gasteiger charge is -2.37. The Bertz CT molecular complexity index is 2150. The second-order valence-electron chi connectivity index (χ2n) is 15.2. The minimum absolute atomic E-state index is 0.0276. The largest absolute Gasteiger partial charge is 0.340 e. The van der Waals surface area contributed by atoms with Gasteiger partial charge in [-0.3, -0.25) is 19.5 Å². The zero-order valence-corrected chi connectivity index (χ0v) is 32.5. The maximum Gasteiger partial charge on any atom is 0.241 e. The summed E-state index contributed by atoms with van der Waals surface area (Å²) >= 11 is 0. The van der Waals surface area contributed by atoms with Crippen LogP contribution in [0.15, 0.2) is 110 Å². The van der Waals surface area contributed by atoms with Crippen LogP contribution in [0.1, 0.15) is 81.7 Å². The lowest BCUT2D eigenvalue weighted by atomic mass is 9.90. The number of likely N-dealkylation sites (N-methyl/N-ethyl adjacent to an activating group) is 1. The fourth-order valence-electron chi connectivity index (χ4n) is 8.83. The summed E-state index contributed by atoms with van der Waals surface area (Å²) in [6.07, 6.45) is 21.7. The van der Waals surface area contributed by atoms with Gasteiger partial charge in [0, 0.05) is 37.8 Å². The van der Waals surface area contributed by atoms with Crippen molar-refractivity contribution >= 4 is 11.8 Å². The van der Waals surface area contributed by atoms with E-state index in [-0.39, 0.29) is 35.9 Å². The van der Waals surface area contributed by atoms with E-state index in [2.05, 4.69) is 111 Å². The third-order valence-corrected chi connectivity index (χ3v) is 11.9. The van der Waals surface area contributed by atoms with Gasteiger partial charge in [-0.2, -0.15) is 0 Å². The summed E-state index contributed by atoms with van der Waals surface area (Å²) in [7, 11) is 0. The van der Waals surface area contributed by atoms with Crippen molar-refractivity contribution in [2.45, 2.75) is 76.9 Å². The molecule has 2 N–H and O–H groups in total. The number of imidazole rings is 2. The molecule has 0 saturated carbocycles. The van der Waals surface area contributed by atoms with E-state index in [1.807, 2.05) is 35.6 Å². The Hall–Kier alpha value is -5.61. The first-order valence-corrected chi connectivity index (χ1v) is 20.4. The number of nitrogens with zero attached hydrogens (tertiary/aromatic N) is 6. The van der Waals surface area contributed by atoms with Crippen LogP contribution in [-0.2, 0) is 16.0 Å². The number of hydrogen-bond acceptors (Lipinski definition) is 6. The van der Waals surface area contributed by atoms with E-state index in [1.54, 1.807) is 6.20 Å². The number of aryl methyl sites for hydroxylation is 1. The van der Waals surface area contributed by atoms with E-state index in [9.17, 15) is 9.59 Å². The fourth-order valence-corrected chi connectivity index (χ4v) is 8.83. The van der Waals surface area contributed by atoms with Gasteiger partial charge in [0.05, 0.1) is 41.9 Å². The molecule has 3 aromatic heterocycles. The molecule has 2 aliphatic heterocycles. The van der Waals surface area contributed by atoms with Crippen LogP contribution in [0.3, 0.4) is 0 Å². The number of likely N-dealkylation sites (tertiary alicyclic amines) is 2. The fraction of sp³-hybridized carbons (Fsp3) is 0.370. The molecule has 8 rings (SSSR count). The number of carbonyl (C=O) groups is 2. The number of amides is 2. The number of hydrogen-bond donors (Lipinski definition) is 2. The van der Waals surface area contributed by atoms with E-state index < -0.39 is 0 Å². The summed E-state index contributed by atoms with van der Waals surface area (Å²) in [5.41, 5.74) is 7.33. The molecule has 288 valence electrons. The Morgan fingerprint density at radius 2 is 1.36 bits per heavy atom. The van der Waals surface area contributed by atoms with E-state index >= 15 is 0 Å². The second kappa shape index (κ2) is 17.0. The smallest absolute Gasteiger partial charge is 0.241 e. The predicted molar refractivity (Wildman–Crippen MR) is 220 cm³/mol. The van der Waals surface area contributed by atoms with Crippen molar-refractivity contribution in [3.05, 3.63) is 127 Å². The molecule has 56 heavy (non-hydrogen) atoms. The molecule has 2 amide bonds. The van der Waals surface area contributed by atoms with Crippen molar-refractivity contribution in [1.29, 1.82) is 0 Å². The molecule has 2 aromatic carbocycles. The standard InChI is InChI=1S/C46H52N8O2/c1-3-52(4-2)43(37-12-6-5-7-13-37)46(56)54-28-10-15-41(54)45-49-31-39(51-45)36-23-19-34(20-24-36)33-17-21-35(22-18-33)38-30-48-44(50-38)40-14-9-27-53(40)42(55)25-16-32-11-8-26-47-29-32/h5-8,11-12,17-24,26,29-31,37,40-41,43H,3-4,9-10,13-16,25,27-28H2,1-2H3,(H,48,50)(H,49,51)/t37?,40-,41-,43+/m0/s1. The quantitative estimate of drug-likeness (QED) is 0.125. The highest BCUT2D eigenvalue weighted by atomic mass is 16.2. The van der Waals surface area contributed by atoms with Crippen LogP contribution in [0.25, 0.3) is 33.6 Å². The van der Waals surface area contributed by atoms with Crippen LogP contribution in [0.5, 0.6) is 0 Å². The predicted octanol–water partition coefficient (Wildman–Crippen LogP) is 8.33. The molecule has 0 radical (unpaired) electrons. The summed E-state index contributed by atoms with van der Waals surface area (Å²) in [6.45, 7) is 7.49. The van der Waals surface area contributed by atoms with Gasteiger partial charge in [-0.25, -0.2) is 9.97 Å². The van der Waals surface area contributed by atoms with Crippen molar-refractivity contribution < 1.29 is 9.59 Å². The number of aromatic nitrogens is 5. The summed E-state index contributed by atoms with van der Waals surface area (Å²) < 4.78 is 0. The number of nitrogens with one attached hydrogen (secondary N) is 2. The van der Waals surface area contributed by atoms with E-state index in [0.29, 0.717) is 12.8 Å². The molecule has 0 bridgehead atoms. The highest BCUT2D eigenvalue weighted by Gasteiger charge is 2.40. The maximum atomic E-state index is 14.3. The molecule has 10 nitrogen and oxygen atoms in total. The number of pyridine rings is 1. The summed E-state index contributed by atoms with van der Waals surface area (Å²) in [5.74, 6) is 2.25. The third-order valence-electron chi connectivity index (χ3n) is 11.9. The van der Waals surface area contributed by atoms with Crippen molar-refractivity contribution in [2.24, 2.45) is 5.92 Å². The molecule has 0 spiro atoms. The molecule has 4 atom stereocenters. The van der Waals surface area contributed by atoms with Crippen molar-refractivity contribution in [2.75, 3.05) is 26.2 Å². The lowest BCUT2D eigenvalue weighted by Crippen LogP contribution is -2.52. The minimum Gasteiger partial charge on any atom is -0.340 e. The van der Waals surface area contributed by atoms with Crippen molar-refractivity contribution in [3.8, 4) is 33.6 Å². The Labute approximate surface area is 329 Å². The normalized spacial score (nSPS) is 19.9. The van der Waals surface area contributed by atoms with Crippen LogP contribution >= 0.6 is 0 Å². The highest BCUT2D eigenvalue weighted by Crippen LogP contribution is 2.36. The number of allylic oxidation sites excluding steroid dienone is 3. The molecule has 1 unspecified atom stereocenters. The molecule has 5 heterocycles. The average Bonchev–Trinajstić information content (AvgIpc) is 4.10. The number of H-pyrrole nitrogens is 2. The van der Waals surface area contributed by atoms with E-state index in [0.717, 1.165) is 109 Å². The second-order valence-corrected chi connectivity index (χ2v) is 15.2. The molecule has 2 fully saturated rings. The number of rotatable bonds is 13. The number of aromatic amines is 2. The monoisotopic (exact) mass is 748 g/mol. The van der Waals surface area contributed by atoms with Gasteiger partial charge in [0.15, 0.2) is 0 Å². The van der Waals surface area contributed by atoms with Crippen LogP contribution < -0.4 is 0 Å². The van der Waals surface area contributed by atoms with Gasteiger partial charge in [-0.05, 0) is 85.5 Å². The molecular weight excluding hydrogens is 697 g/mol. The Morgan fingerprint density at radius 1 is 0.768 bits per heavy atom. The molecule has 1 aliphatic carbocycles. The van der Waals surface area contributed by atoms with Gasteiger partial charge in [0.2, 0.25) is 11.8 Å². The Kier molecular flexibility index (Phi) is 11.4. The third kappa shape index (κ3) is 7.89. The van der Waals surface area contributed by atoms with E-state index in [4.69, 9.17) is 9.97 Å². The molecular formula is C46H52N8O2. The SMILES string of the molecule is CCN(CC)[C@@H](C(=O)N1CCC[C@H]1c1ncc(-c2ccc(-c3ccc(-c4cnc([C@@H]5CCCN5C(=O)CCc5cccnc5)[nH]4)cc3)cc2)[nH]1)C1C=CC=CC1. The Morgan fingerprint density at radius 3 is 1.91 bits per heavy atom. The first-order valence-electron chi connectivity index (χ1n) is 20.4. The molecule has 10 heteroatoms. The topological polar surface area (TPSA) is 114 Å². The van der Waals surface area contributed by atoms with Gasteiger partial charge < -0.3 is 19.8 Å². The number of carbonyl (C=O) groups excluding carboxylic acids is 2. The summed E-state index contributed by atoms with van der Waals surface area (Å²) in [5, 5.41) is 0. The average molecular weight is 749 g/mol.